The van der Waals surface area contributed by atoms with Crippen LogP contribution in [0.1, 0.15) is 16.6 Å². The Kier molecular flexibility index (Phi) is 6.51. The molecule has 2 aromatic carbocycles. The molecule has 162 valence electrons. The van der Waals surface area contributed by atoms with Crippen LogP contribution in [0.3, 0.4) is 0 Å². The van der Waals surface area contributed by atoms with E-state index in [1.54, 1.807) is 30.3 Å². The van der Waals surface area contributed by atoms with E-state index in [2.05, 4.69) is 15.5 Å². The highest BCUT2D eigenvalue weighted by Gasteiger charge is 2.38. The van der Waals surface area contributed by atoms with Crippen molar-refractivity contribution in [3.63, 3.8) is 0 Å². The number of benzene rings is 2. The van der Waals surface area contributed by atoms with Gasteiger partial charge in [-0.2, -0.15) is 13.2 Å². The van der Waals surface area contributed by atoms with Gasteiger partial charge in [-0.1, -0.05) is 53.7 Å². The number of hydrogen-bond acceptors (Lipinski definition) is 6. The molecular weight excluding hydrogens is 459 g/mol. The number of anilines is 1. The molecule has 0 saturated carbocycles. The van der Waals surface area contributed by atoms with Gasteiger partial charge in [0.1, 0.15) is 10.3 Å². The summed E-state index contributed by atoms with van der Waals surface area (Å²) >= 11 is 6.55. The van der Waals surface area contributed by atoms with Crippen LogP contribution in [-0.2, 0) is 18.0 Å². The van der Waals surface area contributed by atoms with Crippen LogP contribution in [0.25, 0.3) is 0 Å². The average Bonchev–Trinajstić information content (AvgIpc) is 3.08. The molecule has 0 saturated heterocycles. The molecule has 31 heavy (non-hydrogen) atoms. The smallest absolute Gasteiger partial charge is 0.325 e. The van der Waals surface area contributed by atoms with Gasteiger partial charge in [0, 0.05) is 18.8 Å². The molecule has 1 unspecified atom stereocenters. The third-order valence-corrected chi connectivity index (χ3v) is 5.67. The molecule has 3 aromatic rings. The number of amides is 1. The lowest BCUT2D eigenvalue weighted by Gasteiger charge is -2.17. The van der Waals surface area contributed by atoms with Crippen molar-refractivity contribution in [3.05, 3.63) is 75.1 Å². The van der Waals surface area contributed by atoms with Gasteiger partial charge in [-0.25, -0.2) is 0 Å². The summed E-state index contributed by atoms with van der Waals surface area (Å²) in [6.07, 6.45) is -4.70. The largest absolute Gasteiger partial charge is 0.451 e. The van der Waals surface area contributed by atoms with E-state index in [4.69, 9.17) is 11.6 Å². The fourth-order valence-electron chi connectivity index (χ4n) is 2.61. The monoisotopic (exact) mass is 471 g/mol. The van der Waals surface area contributed by atoms with Gasteiger partial charge in [-0.3, -0.25) is 14.9 Å². The number of nitrogens with one attached hydrogen (secondary N) is 1. The number of rotatable bonds is 6. The summed E-state index contributed by atoms with van der Waals surface area (Å²) in [4.78, 5) is 23.4. The minimum absolute atomic E-state index is 0.101. The Hall–Kier alpha value is -3.12. The van der Waals surface area contributed by atoms with Crippen molar-refractivity contribution in [3.8, 4) is 0 Å². The predicted molar refractivity (Wildman–Crippen MR) is 108 cm³/mol. The molecular formula is C18H13ClF3N5O3S. The summed E-state index contributed by atoms with van der Waals surface area (Å²) in [7, 11) is 1.15. The summed E-state index contributed by atoms with van der Waals surface area (Å²) < 4.78 is 39.8. The van der Waals surface area contributed by atoms with Gasteiger partial charge in [-0.15, -0.1) is 10.2 Å². The van der Waals surface area contributed by atoms with E-state index in [9.17, 15) is 28.1 Å². The first-order valence-corrected chi connectivity index (χ1v) is 9.76. The number of carbonyl (C=O) groups is 1. The van der Waals surface area contributed by atoms with Crippen LogP contribution in [0, 0.1) is 10.1 Å². The zero-order valence-electron chi connectivity index (χ0n) is 15.6. The van der Waals surface area contributed by atoms with Crippen LogP contribution in [0.15, 0.2) is 53.7 Å². The number of thioether (sulfide) groups is 1. The molecule has 0 aliphatic rings. The normalized spacial score (nSPS) is 12.4. The van der Waals surface area contributed by atoms with Crippen molar-refractivity contribution < 1.29 is 22.9 Å². The average molecular weight is 472 g/mol. The summed E-state index contributed by atoms with van der Waals surface area (Å²) in [6.45, 7) is 0. The first kappa shape index (κ1) is 22.6. The van der Waals surface area contributed by atoms with Crippen LogP contribution in [0.2, 0.25) is 5.02 Å². The second-order valence-electron chi connectivity index (χ2n) is 6.18. The quantitative estimate of drug-likeness (QED) is 0.312. The van der Waals surface area contributed by atoms with E-state index >= 15 is 0 Å². The van der Waals surface area contributed by atoms with Gasteiger partial charge in [0.15, 0.2) is 5.16 Å². The Morgan fingerprint density at radius 3 is 2.48 bits per heavy atom. The van der Waals surface area contributed by atoms with Crippen LogP contribution in [0.5, 0.6) is 0 Å². The minimum atomic E-state index is -4.70. The lowest BCUT2D eigenvalue weighted by Crippen LogP contribution is -2.20. The minimum Gasteiger partial charge on any atom is -0.325 e. The molecule has 8 nitrogen and oxygen atoms in total. The van der Waals surface area contributed by atoms with Crippen molar-refractivity contribution in [2.45, 2.75) is 16.6 Å². The second kappa shape index (κ2) is 8.94. The maximum atomic E-state index is 13.0. The fourth-order valence-corrected chi connectivity index (χ4v) is 3.80. The lowest BCUT2D eigenvalue weighted by molar-refractivity contribution is -0.384. The highest BCUT2D eigenvalue weighted by molar-refractivity contribution is 8.00. The molecule has 1 N–H and O–H groups in total. The van der Waals surface area contributed by atoms with Crippen LogP contribution in [0.4, 0.5) is 24.5 Å². The third kappa shape index (κ3) is 5.14. The molecule has 13 heteroatoms. The summed E-state index contributed by atoms with van der Waals surface area (Å²) in [5, 5.41) is 19.1. The molecule has 0 aliphatic carbocycles. The molecule has 0 fully saturated rings. The van der Waals surface area contributed by atoms with Crippen molar-refractivity contribution in [2.75, 3.05) is 5.32 Å². The molecule has 1 heterocycles. The molecule has 1 amide bonds. The number of alkyl halides is 3. The van der Waals surface area contributed by atoms with E-state index in [1.165, 1.54) is 12.1 Å². The van der Waals surface area contributed by atoms with E-state index in [1.807, 2.05) is 0 Å². The molecule has 0 spiro atoms. The third-order valence-electron chi connectivity index (χ3n) is 4.06. The topological polar surface area (TPSA) is 103 Å². The van der Waals surface area contributed by atoms with E-state index < -0.39 is 33.8 Å². The SMILES string of the molecule is Cn1c(SC(C(=O)Nc2ccc(Cl)c([N+](=O)[O-])c2)c2ccccc2)nnc1C(F)(F)F. The molecule has 1 aromatic heterocycles. The Morgan fingerprint density at radius 2 is 1.90 bits per heavy atom. The number of halogens is 4. The number of carbonyl (C=O) groups excluding carboxylic acids is 1. The van der Waals surface area contributed by atoms with Gasteiger partial charge in [0.05, 0.1) is 4.92 Å². The zero-order chi connectivity index (χ0) is 22.8. The van der Waals surface area contributed by atoms with Gasteiger partial charge in [-0.05, 0) is 17.7 Å². The number of nitro benzene ring substituents is 1. The summed E-state index contributed by atoms with van der Waals surface area (Å²) in [5.74, 6) is -1.82. The molecule has 3 rings (SSSR count). The number of aromatic nitrogens is 3. The standard InChI is InChI=1S/C18H13ClF3N5O3S/c1-26-16(18(20,21)22)24-25-17(26)31-14(10-5-3-2-4-6-10)15(28)23-11-7-8-12(19)13(9-11)27(29)30/h2-9,14H,1H3,(H,23,28). The first-order valence-electron chi connectivity index (χ1n) is 8.51. The van der Waals surface area contributed by atoms with Crippen LogP contribution < -0.4 is 5.32 Å². The van der Waals surface area contributed by atoms with Crippen LogP contribution >= 0.6 is 23.4 Å². The zero-order valence-corrected chi connectivity index (χ0v) is 17.2. The maximum absolute atomic E-state index is 13.0. The summed E-state index contributed by atoms with van der Waals surface area (Å²) in [5.41, 5.74) is 0.202. The highest BCUT2D eigenvalue weighted by Crippen LogP contribution is 2.38. The van der Waals surface area contributed by atoms with E-state index in [0.717, 1.165) is 29.4 Å². The Balaban J connectivity index is 1.92. The Morgan fingerprint density at radius 1 is 1.23 bits per heavy atom. The predicted octanol–water partition coefficient (Wildman–Crippen LogP) is 4.87. The van der Waals surface area contributed by atoms with E-state index in [0.29, 0.717) is 5.56 Å². The van der Waals surface area contributed by atoms with E-state index in [-0.39, 0.29) is 15.9 Å². The summed E-state index contributed by atoms with van der Waals surface area (Å²) in [6, 6.07) is 12.0. The Labute approximate surface area is 182 Å². The number of hydrogen-bond donors (Lipinski definition) is 1. The van der Waals surface area contributed by atoms with Crippen molar-refractivity contribution in [1.82, 2.24) is 14.8 Å². The number of nitrogens with zero attached hydrogens (tertiary/aromatic N) is 4. The lowest BCUT2D eigenvalue weighted by atomic mass is 10.1. The molecule has 0 aliphatic heterocycles. The molecule has 0 bridgehead atoms. The second-order valence-corrected chi connectivity index (χ2v) is 7.66. The van der Waals surface area contributed by atoms with Gasteiger partial charge >= 0.3 is 6.18 Å². The van der Waals surface area contributed by atoms with Crippen LogP contribution in [-0.4, -0.2) is 25.6 Å². The van der Waals surface area contributed by atoms with Gasteiger partial charge in [0.2, 0.25) is 11.7 Å². The van der Waals surface area contributed by atoms with Crippen molar-refractivity contribution in [1.29, 1.82) is 0 Å². The van der Waals surface area contributed by atoms with Crippen molar-refractivity contribution in [2.24, 2.45) is 7.05 Å². The van der Waals surface area contributed by atoms with Gasteiger partial charge in [0.25, 0.3) is 5.69 Å². The highest BCUT2D eigenvalue weighted by atomic mass is 35.5. The van der Waals surface area contributed by atoms with Gasteiger partial charge < -0.3 is 9.88 Å². The first-order chi connectivity index (χ1) is 14.6. The number of nitro groups is 1. The molecule has 1 atom stereocenters. The fraction of sp³-hybridized carbons (Fsp3) is 0.167. The Bertz CT molecular complexity index is 1120. The maximum Gasteiger partial charge on any atom is 0.451 e. The molecule has 0 radical (unpaired) electrons. The van der Waals surface area contributed by atoms with Crippen molar-refractivity contribution >= 4 is 40.6 Å².